The van der Waals surface area contributed by atoms with Crippen molar-refractivity contribution in [2.24, 2.45) is 14.1 Å². The molecule has 2 heterocycles. The smallest absolute Gasteiger partial charge is 0.295 e. The number of hydrogen-bond acceptors (Lipinski definition) is 6. The summed E-state index contributed by atoms with van der Waals surface area (Å²) in [5.74, 6) is 0.289. The lowest BCUT2D eigenvalue weighted by molar-refractivity contribution is -0.115. The molecule has 3 aromatic rings. The zero-order valence-corrected chi connectivity index (χ0v) is 15.5. The molecule has 1 amide bonds. The normalized spacial score (nSPS) is 10.9. The summed E-state index contributed by atoms with van der Waals surface area (Å²) in [6, 6.07) is 9.30. The second-order valence-corrected chi connectivity index (χ2v) is 6.73. The molecule has 0 spiro atoms. The van der Waals surface area contributed by atoms with Crippen LogP contribution < -0.4 is 10.9 Å². The van der Waals surface area contributed by atoms with Gasteiger partial charge in [-0.1, -0.05) is 30.0 Å². The van der Waals surface area contributed by atoms with E-state index >= 15 is 0 Å². The van der Waals surface area contributed by atoms with Crippen molar-refractivity contribution in [2.75, 3.05) is 11.1 Å². The number of nitrogens with zero attached hydrogens (tertiary/aromatic N) is 6. The van der Waals surface area contributed by atoms with Gasteiger partial charge < -0.3 is 5.32 Å². The van der Waals surface area contributed by atoms with Crippen molar-refractivity contribution < 1.29 is 4.79 Å². The number of rotatable bonds is 6. The van der Waals surface area contributed by atoms with Gasteiger partial charge >= 0.3 is 0 Å². The molecular formula is C16H19N7O2S. The third-order valence-electron chi connectivity index (χ3n) is 3.96. The Kier molecular flexibility index (Phi) is 5.21. The van der Waals surface area contributed by atoms with Crippen LogP contribution in [0.2, 0.25) is 0 Å². The third-order valence-corrected chi connectivity index (χ3v) is 4.97. The van der Waals surface area contributed by atoms with Gasteiger partial charge in [-0.05, 0) is 29.5 Å². The number of carbonyl (C=O) groups excluding carboxylic acids is 1. The Balaban J connectivity index is 1.71. The van der Waals surface area contributed by atoms with Crippen LogP contribution >= 0.6 is 11.8 Å². The average molecular weight is 373 g/mol. The third kappa shape index (κ3) is 3.54. The first-order valence-electron chi connectivity index (χ1n) is 7.98. The lowest BCUT2D eigenvalue weighted by atomic mass is 10.3. The van der Waals surface area contributed by atoms with E-state index < -0.39 is 0 Å². The Bertz CT molecular complexity index is 974. The van der Waals surface area contributed by atoms with Gasteiger partial charge in [0.2, 0.25) is 11.1 Å². The number of para-hydroxylation sites is 1. The van der Waals surface area contributed by atoms with Crippen LogP contribution in [0.4, 0.5) is 5.69 Å². The summed E-state index contributed by atoms with van der Waals surface area (Å²) in [6.45, 7) is 1.80. The number of anilines is 1. The van der Waals surface area contributed by atoms with Gasteiger partial charge in [0.05, 0.1) is 11.4 Å². The Morgan fingerprint density at radius 3 is 2.62 bits per heavy atom. The number of tetrazole rings is 1. The first-order valence-corrected chi connectivity index (χ1v) is 8.96. The molecule has 0 bridgehead atoms. The number of aromatic nitrogens is 6. The molecule has 0 radical (unpaired) electrons. The quantitative estimate of drug-likeness (QED) is 0.650. The lowest BCUT2D eigenvalue weighted by Gasteiger charge is -2.07. The average Bonchev–Trinajstić information content (AvgIpc) is 3.12. The van der Waals surface area contributed by atoms with Gasteiger partial charge in [0.25, 0.3) is 5.56 Å². The summed E-state index contributed by atoms with van der Waals surface area (Å²) in [5.41, 5.74) is 1.48. The predicted molar refractivity (Wildman–Crippen MR) is 98.5 cm³/mol. The SMILES string of the molecule is Cc1c(NC(=O)CCSc2nnnn2C)c(=O)n(-c2ccccc2)n1C. The molecule has 26 heavy (non-hydrogen) atoms. The largest absolute Gasteiger partial charge is 0.320 e. The van der Waals surface area contributed by atoms with Crippen LogP contribution in [0, 0.1) is 6.92 Å². The second-order valence-electron chi connectivity index (χ2n) is 5.67. The number of nitrogens with one attached hydrogen (secondary N) is 1. The topological polar surface area (TPSA) is 99.6 Å². The number of amides is 1. The molecule has 0 aliphatic rings. The van der Waals surface area contributed by atoms with Crippen molar-refractivity contribution in [2.45, 2.75) is 18.5 Å². The van der Waals surface area contributed by atoms with Crippen LogP contribution in [0.25, 0.3) is 5.69 Å². The van der Waals surface area contributed by atoms with Crippen LogP contribution in [-0.4, -0.2) is 41.2 Å². The lowest BCUT2D eigenvalue weighted by Crippen LogP contribution is -2.23. The van der Waals surface area contributed by atoms with E-state index in [0.717, 1.165) is 5.69 Å². The van der Waals surface area contributed by atoms with Gasteiger partial charge in [-0.2, -0.15) is 0 Å². The fourth-order valence-electron chi connectivity index (χ4n) is 2.49. The summed E-state index contributed by atoms with van der Waals surface area (Å²) in [5, 5.41) is 14.5. The fourth-order valence-corrected chi connectivity index (χ4v) is 3.28. The molecule has 0 unspecified atom stereocenters. The number of hydrogen-bond donors (Lipinski definition) is 1. The van der Waals surface area contributed by atoms with Crippen molar-refractivity contribution in [1.29, 1.82) is 0 Å². The summed E-state index contributed by atoms with van der Waals surface area (Å²) >= 11 is 1.38. The molecule has 9 nitrogen and oxygen atoms in total. The standard InChI is InChI=1S/C16H19N7O2S/c1-11-14(15(25)23(22(11)3)12-7-5-4-6-8-12)17-13(24)9-10-26-16-18-19-20-21(16)2/h4-8H,9-10H2,1-3H3,(H,17,24). The molecule has 0 aliphatic heterocycles. The van der Waals surface area contributed by atoms with Gasteiger partial charge in [-0.25, -0.2) is 9.36 Å². The van der Waals surface area contributed by atoms with Crippen LogP contribution in [0.15, 0.2) is 40.3 Å². The van der Waals surface area contributed by atoms with Crippen LogP contribution in [-0.2, 0) is 18.9 Å². The Morgan fingerprint density at radius 1 is 1.23 bits per heavy atom. The first kappa shape index (κ1) is 17.9. The number of benzene rings is 1. The van der Waals surface area contributed by atoms with Crippen molar-refractivity contribution in [3.05, 3.63) is 46.4 Å². The maximum Gasteiger partial charge on any atom is 0.295 e. The highest BCUT2D eigenvalue weighted by Gasteiger charge is 2.18. The molecule has 0 aliphatic carbocycles. The predicted octanol–water partition coefficient (Wildman–Crippen LogP) is 1.13. The van der Waals surface area contributed by atoms with E-state index in [1.807, 2.05) is 30.3 Å². The summed E-state index contributed by atoms with van der Waals surface area (Å²) < 4.78 is 4.81. The van der Waals surface area contributed by atoms with E-state index in [0.29, 0.717) is 22.3 Å². The van der Waals surface area contributed by atoms with Crippen molar-refractivity contribution in [1.82, 2.24) is 29.6 Å². The number of thioether (sulfide) groups is 1. The zero-order chi connectivity index (χ0) is 18.7. The van der Waals surface area contributed by atoms with Crippen LogP contribution in [0.5, 0.6) is 0 Å². The van der Waals surface area contributed by atoms with Gasteiger partial charge in [-0.15, -0.1) is 5.10 Å². The van der Waals surface area contributed by atoms with E-state index in [-0.39, 0.29) is 17.9 Å². The Labute approximate surface area is 154 Å². The maximum atomic E-state index is 12.7. The second kappa shape index (κ2) is 7.56. The zero-order valence-electron chi connectivity index (χ0n) is 14.7. The van der Waals surface area contributed by atoms with E-state index in [9.17, 15) is 9.59 Å². The van der Waals surface area contributed by atoms with E-state index in [1.165, 1.54) is 16.4 Å². The molecule has 0 atom stereocenters. The van der Waals surface area contributed by atoms with E-state index in [2.05, 4.69) is 20.8 Å². The summed E-state index contributed by atoms with van der Waals surface area (Å²) in [6.07, 6.45) is 0.247. The minimum absolute atomic E-state index is 0.223. The monoisotopic (exact) mass is 373 g/mol. The number of carbonyl (C=O) groups is 1. The maximum absolute atomic E-state index is 12.7. The molecular weight excluding hydrogens is 354 g/mol. The highest BCUT2D eigenvalue weighted by atomic mass is 32.2. The number of aryl methyl sites for hydroxylation is 1. The molecule has 1 aromatic carbocycles. The Morgan fingerprint density at radius 2 is 1.96 bits per heavy atom. The summed E-state index contributed by atoms with van der Waals surface area (Å²) in [4.78, 5) is 25.0. The Hall–Kier alpha value is -2.88. The fraction of sp³-hybridized carbons (Fsp3) is 0.312. The minimum atomic E-state index is -0.255. The molecule has 0 saturated heterocycles. The van der Waals surface area contributed by atoms with Crippen molar-refractivity contribution in [3.63, 3.8) is 0 Å². The van der Waals surface area contributed by atoms with Gasteiger partial charge in [0, 0.05) is 26.3 Å². The minimum Gasteiger partial charge on any atom is -0.320 e. The van der Waals surface area contributed by atoms with Gasteiger partial charge in [0.15, 0.2) is 0 Å². The van der Waals surface area contributed by atoms with Gasteiger partial charge in [-0.3, -0.25) is 14.3 Å². The molecule has 1 N–H and O–H groups in total. The van der Waals surface area contributed by atoms with Crippen molar-refractivity contribution in [3.8, 4) is 5.69 Å². The molecule has 2 aromatic heterocycles. The molecule has 10 heteroatoms. The molecule has 3 rings (SSSR count). The highest BCUT2D eigenvalue weighted by Crippen LogP contribution is 2.16. The summed E-state index contributed by atoms with van der Waals surface area (Å²) in [7, 11) is 3.53. The van der Waals surface area contributed by atoms with Crippen LogP contribution in [0.3, 0.4) is 0 Å². The molecule has 0 saturated carbocycles. The highest BCUT2D eigenvalue weighted by molar-refractivity contribution is 7.99. The molecule has 0 fully saturated rings. The van der Waals surface area contributed by atoms with Crippen LogP contribution in [0.1, 0.15) is 12.1 Å². The molecule has 136 valence electrons. The van der Waals surface area contributed by atoms with E-state index in [1.54, 1.807) is 30.4 Å². The van der Waals surface area contributed by atoms with Crippen molar-refractivity contribution >= 4 is 23.4 Å². The van der Waals surface area contributed by atoms with E-state index in [4.69, 9.17) is 0 Å². The first-order chi connectivity index (χ1) is 12.5. The van der Waals surface area contributed by atoms with Gasteiger partial charge in [0.1, 0.15) is 5.69 Å².